The lowest BCUT2D eigenvalue weighted by molar-refractivity contribution is -0.152. The Balaban J connectivity index is 2.31. The number of carbonyl (C=O) groups excluding carboxylic acids is 3. The lowest BCUT2D eigenvalue weighted by atomic mass is 9.78. The van der Waals surface area contributed by atoms with Crippen molar-refractivity contribution in [2.45, 2.75) is 33.2 Å². The number of rotatable bonds is 4. The second-order valence-corrected chi connectivity index (χ2v) is 4.80. The number of imide groups is 2. The van der Waals surface area contributed by atoms with Gasteiger partial charge in [-0.15, -0.1) is 0 Å². The zero-order chi connectivity index (χ0) is 14.8. The normalized spacial score (nSPS) is 18.1. The second kappa shape index (κ2) is 5.40. The van der Waals surface area contributed by atoms with Gasteiger partial charge >= 0.3 is 6.03 Å². The Morgan fingerprint density at radius 1 is 1.15 bits per heavy atom. The van der Waals surface area contributed by atoms with Crippen molar-refractivity contribution in [1.82, 2.24) is 15.2 Å². The molecular weight excluding hydrogens is 258 g/mol. The Morgan fingerprint density at radius 3 is 2.30 bits per heavy atom. The van der Waals surface area contributed by atoms with E-state index >= 15 is 0 Å². The van der Waals surface area contributed by atoms with Gasteiger partial charge in [-0.1, -0.05) is 13.8 Å². The highest BCUT2D eigenvalue weighted by atomic mass is 16.2. The molecule has 1 fully saturated rings. The molecule has 0 unspecified atom stereocenters. The number of hydrogen-bond acceptors (Lipinski definition) is 4. The van der Waals surface area contributed by atoms with Gasteiger partial charge in [0.25, 0.3) is 0 Å². The van der Waals surface area contributed by atoms with Crippen LogP contribution in [0, 0.1) is 5.41 Å². The van der Waals surface area contributed by atoms with E-state index in [4.69, 9.17) is 0 Å². The van der Waals surface area contributed by atoms with Crippen molar-refractivity contribution in [3.05, 3.63) is 30.1 Å². The molecule has 0 saturated carbocycles. The predicted molar refractivity (Wildman–Crippen MR) is 71.3 cm³/mol. The molecule has 2 rings (SSSR count). The number of hydrogen-bond donors (Lipinski definition) is 1. The molecule has 106 valence electrons. The van der Waals surface area contributed by atoms with Gasteiger partial charge in [0.05, 0.1) is 6.54 Å². The van der Waals surface area contributed by atoms with E-state index in [1.54, 1.807) is 38.4 Å². The monoisotopic (exact) mass is 275 g/mol. The van der Waals surface area contributed by atoms with Gasteiger partial charge in [-0.2, -0.15) is 0 Å². The molecule has 1 aliphatic heterocycles. The zero-order valence-corrected chi connectivity index (χ0v) is 11.5. The molecule has 6 nitrogen and oxygen atoms in total. The van der Waals surface area contributed by atoms with E-state index < -0.39 is 23.3 Å². The molecule has 20 heavy (non-hydrogen) atoms. The van der Waals surface area contributed by atoms with Crippen LogP contribution >= 0.6 is 0 Å². The number of aromatic nitrogens is 1. The van der Waals surface area contributed by atoms with Crippen LogP contribution in [0.25, 0.3) is 0 Å². The van der Waals surface area contributed by atoms with Crippen LogP contribution in [0.15, 0.2) is 24.5 Å². The summed E-state index contributed by atoms with van der Waals surface area (Å²) in [5.41, 5.74) is -0.347. The fourth-order valence-corrected chi connectivity index (χ4v) is 2.42. The first kappa shape index (κ1) is 14.2. The zero-order valence-electron chi connectivity index (χ0n) is 11.5. The fraction of sp³-hybridized carbons (Fsp3) is 0.429. The lowest BCUT2D eigenvalue weighted by Crippen LogP contribution is -2.63. The van der Waals surface area contributed by atoms with Crippen molar-refractivity contribution >= 4 is 17.8 Å². The highest BCUT2D eigenvalue weighted by Gasteiger charge is 2.51. The van der Waals surface area contributed by atoms with E-state index in [0.29, 0.717) is 12.8 Å². The number of nitrogens with one attached hydrogen (secondary N) is 1. The Labute approximate surface area is 117 Å². The van der Waals surface area contributed by atoms with Crippen LogP contribution in [0.1, 0.15) is 32.3 Å². The average Bonchev–Trinajstić information content (AvgIpc) is 2.46. The van der Waals surface area contributed by atoms with E-state index in [1.165, 1.54) is 0 Å². The SMILES string of the molecule is CCC1(CC)C(=O)NC(=O)N(Cc2ccncc2)C1=O. The third-order valence-electron chi connectivity index (χ3n) is 3.85. The summed E-state index contributed by atoms with van der Waals surface area (Å²) in [4.78, 5) is 41.5. The number of pyridine rings is 1. The van der Waals surface area contributed by atoms with Gasteiger partial charge in [-0.3, -0.25) is 24.8 Å². The van der Waals surface area contributed by atoms with Crippen molar-refractivity contribution in [3.63, 3.8) is 0 Å². The highest BCUT2D eigenvalue weighted by Crippen LogP contribution is 2.32. The summed E-state index contributed by atoms with van der Waals surface area (Å²) in [6.07, 6.45) is 3.93. The van der Waals surface area contributed by atoms with Gasteiger partial charge in [0.15, 0.2) is 0 Å². The summed E-state index contributed by atoms with van der Waals surface area (Å²) in [7, 11) is 0. The molecule has 1 aromatic heterocycles. The standard InChI is InChI=1S/C14H17N3O3/c1-3-14(4-2)11(18)16-13(20)17(12(14)19)9-10-5-7-15-8-6-10/h5-8H,3-4,9H2,1-2H3,(H,16,18,20). The first-order chi connectivity index (χ1) is 9.55. The number of urea groups is 1. The maximum Gasteiger partial charge on any atom is 0.331 e. The Hall–Kier alpha value is -2.24. The number of amides is 4. The molecule has 0 aliphatic carbocycles. The molecule has 0 spiro atoms. The molecule has 1 aromatic rings. The van der Waals surface area contributed by atoms with E-state index in [9.17, 15) is 14.4 Å². The van der Waals surface area contributed by atoms with Crippen LogP contribution in [0.3, 0.4) is 0 Å². The van der Waals surface area contributed by atoms with Crippen LogP contribution < -0.4 is 5.32 Å². The third-order valence-corrected chi connectivity index (χ3v) is 3.85. The van der Waals surface area contributed by atoms with E-state index in [0.717, 1.165) is 10.5 Å². The minimum Gasteiger partial charge on any atom is -0.277 e. The second-order valence-electron chi connectivity index (χ2n) is 4.80. The van der Waals surface area contributed by atoms with Crippen LogP contribution in [0.5, 0.6) is 0 Å². The van der Waals surface area contributed by atoms with Crippen LogP contribution in [-0.2, 0) is 16.1 Å². The average molecular weight is 275 g/mol. The number of carbonyl (C=O) groups is 3. The number of barbiturate groups is 1. The Bertz CT molecular complexity index is 538. The topological polar surface area (TPSA) is 79.4 Å². The van der Waals surface area contributed by atoms with E-state index in [1.807, 2.05) is 0 Å². The summed E-state index contributed by atoms with van der Waals surface area (Å²) >= 11 is 0. The minimum absolute atomic E-state index is 0.141. The van der Waals surface area contributed by atoms with Crippen LogP contribution in [-0.4, -0.2) is 27.7 Å². The van der Waals surface area contributed by atoms with E-state index in [-0.39, 0.29) is 6.54 Å². The first-order valence-electron chi connectivity index (χ1n) is 6.61. The summed E-state index contributed by atoms with van der Waals surface area (Å²) in [5, 5.41) is 2.28. The number of nitrogens with zero attached hydrogens (tertiary/aromatic N) is 2. The summed E-state index contributed by atoms with van der Waals surface area (Å²) in [6.45, 7) is 3.70. The van der Waals surface area contributed by atoms with Gasteiger partial charge < -0.3 is 0 Å². The molecule has 1 aliphatic rings. The predicted octanol–water partition coefficient (Wildman–Crippen LogP) is 1.47. The highest BCUT2D eigenvalue weighted by molar-refractivity contribution is 6.19. The smallest absolute Gasteiger partial charge is 0.277 e. The fourth-order valence-electron chi connectivity index (χ4n) is 2.42. The molecule has 0 bridgehead atoms. The summed E-state index contributed by atoms with van der Waals surface area (Å²) < 4.78 is 0. The quantitative estimate of drug-likeness (QED) is 0.844. The van der Waals surface area contributed by atoms with Gasteiger partial charge in [0, 0.05) is 12.4 Å². The third kappa shape index (κ3) is 2.17. The Morgan fingerprint density at radius 2 is 1.75 bits per heavy atom. The van der Waals surface area contributed by atoms with Gasteiger partial charge in [0.1, 0.15) is 5.41 Å². The maximum absolute atomic E-state index is 12.6. The summed E-state index contributed by atoms with van der Waals surface area (Å²) in [5.74, 6) is -0.920. The van der Waals surface area contributed by atoms with E-state index in [2.05, 4.69) is 10.3 Å². The molecule has 2 heterocycles. The van der Waals surface area contributed by atoms with Crippen molar-refractivity contribution in [1.29, 1.82) is 0 Å². The first-order valence-corrected chi connectivity index (χ1v) is 6.61. The molecule has 4 amide bonds. The minimum atomic E-state index is -1.14. The summed E-state index contributed by atoms with van der Waals surface area (Å²) in [6, 6.07) is 2.81. The van der Waals surface area contributed by atoms with Gasteiger partial charge in [-0.25, -0.2) is 4.79 Å². The van der Waals surface area contributed by atoms with Crippen molar-refractivity contribution in [2.24, 2.45) is 5.41 Å². The molecule has 6 heteroatoms. The van der Waals surface area contributed by atoms with Gasteiger partial charge in [-0.05, 0) is 30.5 Å². The van der Waals surface area contributed by atoms with Gasteiger partial charge in [0.2, 0.25) is 11.8 Å². The molecule has 0 radical (unpaired) electrons. The maximum atomic E-state index is 12.6. The van der Waals surface area contributed by atoms with Crippen LogP contribution in [0.2, 0.25) is 0 Å². The molecule has 0 aromatic carbocycles. The van der Waals surface area contributed by atoms with Crippen molar-refractivity contribution in [3.8, 4) is 0 Å². The Kier molecular flexibility index (Phi) is 3.83. The molecular formula is C14H17N3O3. The molecule has 1 saturated heterocycles. The molecule has 1 N–H and O–H groups in total. The molecule has 0 atom stereocenters. The van der Waals surface area contributed by atoms with Crippen molar-refractivity contribution in [2.75, 3.05) is 0 Å². The lowest BCUT2D eigenvalue weighted by Gasteiger charge is -2.38. The largest absolute Gasteiger partial charge is 0.331 e. The van der Waals surface area contributed by atoms with Crippen LogP contribution in [0.4, 0.5) is 4.79 Å². The van der Waals surface area contributed by atoms with Crippen molar-refractivity contribution < 1.29 is 14.4 Å².